The maximum atomic E-state index is 13.4. The predicted octanol–water partition coefficient (Wildman–Crippen LogP) is 5.02. The van der Waals surface area contributed by atoms with Crippen LogP contribution in [-0.2, 0) is 9.84 Å². The summed E-state index contributed by atoms with van der Waals surface area (Å²) in [4.78, 5) is 13.0. The van der Waals surface area contributed by atoms with Gasteiger partial charge >= 0.3 is 0 Å². The Kier molecular flexibility index (Phi) is 7.32. The first-order chi connectivity index (χ1) is 15.5. The number of aliphatic hydroxyl groups excluding tert-OH is 1. The number of carbonyl (C=O) groups is 1. The summed E-state index contributed by atoms with van der Waals surface area (Å²) in [6.45, 7) is 10.5. The van der Waals surface area contributed by atoms with Crippen LogP contribution in [0.2, 0.25) is 5.02 Å². The Morgan fingerprint density at radius 3 is 2.61 bits per heavy atom. The molecular formula is C22H24ClN3O5S2. The van der Waals surface area contributed by atoms with Crippen molar-refractivity contribution in [2.45, 2.75) is 44.1 Å². The molecule has 0 fully saturated rings. The molecule has 2 aromatic heterocycles. The fourth-order valence-electron chi connectivity index (χ4n) is 3.48. The van der Waals surface area contributed by atoms with Crippen LogP contribution in [0.25, 0.3) is 0 Å². The third-order valence-electron chi connectivity index (χ3n) is 4.95. The molecule has 2 atom stereocenters. The van der Waals surface area contributed by atoms with Gasteiger partial charge in [0, 0.05) is 11.3 Å². The maximum Gasteiger partial charge on any atom is 0.267 e. The molecule has 0 saturated heterocycles. The summed E-state index contributed by atoms with van der Waals surface area (Å²) < 4.78 is 31.8. The van der Waals surface area contributed by atoms with Crippen LogP contribution >= 0.6 is 22.9 Å². The molecule has 2 unspecified atom stereocenters. The van der Waals surface area contributed by atoms with Gasteiger partial charge in [-0.05, 0) is 56.3 Å². The molecule has 0 bridgehead atoms. The summed E-state index contributed by atoms with van der Waals surface area (Å²) in [5.74, 6) is -0.618. The van der Waals surface area contributed by atoms with Gasteiger partial charge < -0.3 is 20.3 Å². The van der Waals surface area contributed by atoms with Gasteiger partial charge in [0.15, 0.2) is 5.37 Å². The van der Waals surface area contributed by atoms with Crippen molar-refractivity contribution in [2.75, 3.05) is 10.6 Å². The number of aromatic nitrogens is 1. The number of thiophene rings is 1. The Morgan fingerprint density at radius 1 is 1.33 bits per heavy atom. The third kappa shape index (κ3) is 4.98. The Hall–Kier alpha value is -2.66. The summed E-state index contributed by atoms with van der Waals surface area (Å²) in [5, 5.41) is 19.7. The van der Waals surface area contributed by atoms with Gasteiger partial charge in [0.1, 0.15) is 15.6 Å². The van der Waals surface area contributed by atoms with E-state index in [-0.39, 0.29) is 20.7 Å². The summed E-state index contributed by atoms with van der Waals surface area (Å²) >= 11 is 7.08. The van der Waals surface area contributed by atoms with E-state index in [1.165, 1.54) is 17.5 Å². The molecular weight excluding hydrogens is 486 g/mol. The number of rotatable bonds is 8. The number of hydrogen-bond donors (Lipinski definition) is 3. The van der Waals surface area contributed by atoms with E-state index < -0.39 is 27.2 Å². The zero-order chi connectivity index (χ0) is 24.5. The van der Waals surface area contributed by atoms with Crippen LogP contribution in [0.4, 0.5) is 11.6 Å². The zero-order valence-corrected chi connectivity index (χ0v) is 20.9. The summed E-state index contributed by atoms with van der Waals surface area (Å²) in [6, 6.07) is 4.99. The summed E-state index contributed by atoms with van der Waals surface area (Å²) in [7, 11) is -4.10. The van der Waals surface area contributed by atoms with E-state index >= 15 is 0 Å². The number of benzene rings is 1. The SMILES string of the molecule is C=CC(Nc1onc(C)c1Cl)S(=O)(=O)c1ccsc1C(=O)Nc1cc(C)cc(C)c1C(C)O. The molecule has 3 N–H and O–H groups in total. The number of anilines is 2. The van der Waals surface area contributed by atoms with Crippen molar-refractivity contribution < 1.29 is 22.8 Å². The highest BCUT2D eigenvalue weighted by Gasteiger charge is 2.32. The zero-order valence-electron chi connectivity index (χ0n) is 18.5. The molecule has 0 aliphatic heterocycles. The lowest BCUT2D eigenvalue weighted by atomic mass is 9.99. The Bertz CT molecular complexity index is 1310. The smallest absolute Gasteiger partial charge is 0.267 e. The van der Waals surface area contributed by atoms with Gasteiger partial charge in [0.05, 0.1) is 11.0 Å². The predicted molar refractivity (Wildman–Crippen MR) is 130 cm³/mol. The molecule has 1 amide bonds. The van der Waals surface area contributed by atoms with Crippen LogP contribution in [-0.4, -0.2) is 30.0 Å². The van der Waals surface area contributed by atoms with Crippen molar-refractivity contribution in [2.24, 2.45) is 0 Å². The first-order valence-corrected chi connectivity index (χ1v) is 12.7. The van der Waals surface area contributed by atoms with Crippen molar-refractivity contribution in [1.29, 1.82) is 0 Å². The number of halogens is 1. The lowest BCUT2D eigenvalue weighted by Gasteiger charge is -2.18. The lowest BCUT2D eigenvalue weighted by molar-refractivity contribution is 0.102. The fraction of sp³-hybridized carbons (Fsp3) is 0.273. The molecule has 0 spiro atoms. The van der Waals surface area contributed by atoms with E-state index in [4.69, 9.17) is 16.1 Å². The Morgan fingerprint density at radius 2 is 2.03 bits per heavy atom. The van der Waals surface area contributed by atoms with Crippen molar-refractivity contribution in [3.05, 3.63) is 68.5 Å². The van der Waals surface area contributed by atoms with Crippen LogP contribution < -0.4 is 10.6 Å². The minimum atomic E-state index is -4.10. The minimum Gasteiger partial charge on any atom is -0.389 e. The van der Waals surface area contributed by atoms with Crippen LogP contribution in [0.5, 0.6) is 0 Å². The molecule has 0 saturated carbocycles. The van der Waals surface area contributed by atoms with Gasteiger partial charge in [-0.3, -0.25) is 4.79 Å². The minimum absolute atomic E-state index is 0.000741. The second kappa shape index (κ2) is 9.68. The molecule has 0 aliphatic carbocycles. The van der Waals surface area contributed by atoms with Crippen LogP contribution in [0.1, 0.15) is 45.1 Å². The molecule has 8 nitrogen and oxygen atoms in total. The standard InChI is InChI=1S/C22H24ClN3O5S2/c1-6-17(25-22-19(23)13(4)26-31-22)33(29,30)16-7-8-32-20(16)21(28)24-15-10-11(2)9-12(3)18(15)14(5)27/h6-10,14,17,25,27H,1H2,2-5H3,(H,24,28). The summed E-state index contributed by atoms with van der Waals surface area (Å²) in [6.07, 6.45) is 0.357. The highest BCUT2D eigenvalue weighted by molar-refractivity contribution is 7.92. The van der Waals surface area contributed by atoms with Gasteiger partial charge in [0.25, 0.3) is 5.91 Å². The second-order valence-electron chi connectivity index (χ2n) is 7.54. The monoisotopic (exact) mass is 509 g/mol. The molecule has 176 valence electrons. The Balaban J connectivity index is 1.95. The second-order valence-corrected chi connectivity index (χ2v) is 10.9. The lowest BCUT2D eigenvalue weighted by Crippen LogP contribution is -2.29. The topological polar surface area (TPSA) is 122 Å². The van der Waals surface area contributed by atoms with Crippen LogP contribution in [0, 0.1) is 20.8 Å². The summed E-state index contributed by atoms with van der Waals surface area (Å²) in [5.41, 5.74) is 3.09. The molecule has 0 radical (unpaired) electrons. The van der Waals surface area contributed by atoms with E-state index in [2.05, 4.69) is 22.4 Å². The Labute approximate surface area is 201 Å². The first kappa shape index (κ1) is 25.0. The molecule has 2 heterocycles. The molecule has 0 aliphatic rings. The molecule has 3 rings (SSSR count). The maximum absolute atomic E-state index is 13.4. The van der Waals surface area contributed by atoms with E-state index in [1.807, 2.05) is 19.9 Å². The largest absolute Gasteiger partial charge is 0.389 e. The van der Waals surface area contributed by atoms with Crippen molar-refractivity contribution in [3.8, 4) is 0 Å². The third-order valence-corrected chi connectivity index (χ3v) is 8.37. The number of carbonyl (C=O) groups excluding carboxylic acids is 1. The van der Waals surface area contributed by atoms with E-state index in [0.717, 1.165) is 22.5 Å². The molecule has 1 aromatic carbocycles. The number of amides is 1. The van der Waals surface area contributed by atoms with Crippen molar-refractivity contribution in [1.82, 2.24) is 5.16 Å². The quantitative estimate of drug-likeness (QED) is 0.364. The fourth-order valence-corrected chi connectivity index (χ4v) is 6.26. The highest BCUT2D eigenvalue weighted by Crippen LogP contribution is 2.32. The van der Waals surface area contributed by atoms with E-state index in [1.54, 1.807) is 19.9 Å². The van der Waals surface area contributed by atoms with E-state index in [0.29, 0.717) is 16.9 Å². The van der Waals surface area contributed by atoms with Gasteiger partial charge in [0.2, 0.25) is 15.7 Å². The average Bonchev–Trinajstić information content (AvgIpc) is 3.34. The number of hydrogen-bond acceptors (Lipinski definition) is 8. The average molecular weight is 510 g/mol. The number of nitrogens with one attached hydrogen (secondary N) is 2. The highest BCUT2D eigenvalue weighted by atomic mass is 35.5. The van der Waals surface area contributed by atoms with Crippen molar-refractivity contribution in [3.63, 3.8) is 0 Å². The molecule has 11 heteroatoms. The normalized spacial score (nSPS) is 13.4. The number of aryl methyl sites for hydroxylation is 3. The number of nitrogens with zero attached hydrogens (tertiary/aromatic N) is 1. The van der Waals surface area contributed by atoms with Gasteiger partial charge in [-0.1, -0.05) is 35.5 Å². The van der Waals surface area contributed by atoms with Gasteiger partial charge in [-0.15, -0.1) is 11.3 Å². The molecule has 3 aromatic rings. The number of aliphatic hydroxyl groups is 1. The van der Waals surface area contributed by atoms with Crippen molar-refractivity contribution >= 4 is 50.3 Å². The van der Waals surface area contributed by atoms with Crippen LogP contribution in [0.15, 0.2) is 45.7 Å². The number of sulfone groups is 1. The first-order valence-electron chi connectivity index (χ1n) is 9.90. The molecule has 33 heavy (non-hydrogen) atoms. The van der Waals surface area contributed by atoms with Gasteiger partial charge in [-0.25, -0.2) is 8.42 Å². The van der Waals surface area contributed by atoms with Crippen LogP contribution in [0.3, 0.4) is 0 Å². The van der Waals surface area contributed by atoms with E-state index in [9.17, 15) is 18.3 Å². The van der Waals surface area contributed by atoms with Gasteiger partial charge in [-0.2, -0.15) is 0 Å².